The first-order chi connectivity index (χ1) is 6.79. The highest BCUT2D eigenvalue weighted by atomic mass is 28.4. The summed E-state index contributed by atoms with van der Waals surface area (Å²) in [6.07, 6.45) is 0. The molecular formula is C13H20OSi. The second-order valence-electron chi connectivity index (χ2n) is 4.96. The van der Waals surface area contributed by atoms with E-state index in [0.29, 0.717) is 0 Å². The van der Waals surface area contributed by atoms with Crippen LogP contribution in [0.5, 0.6) is 0 Å². The van der Waals surface area contributed by atoms with Gasteiger partial charge in [-0.25, -0.2) is 0 Å². The van der Waals surface area contributed by atoms with Crippen molar-refractivity contribution in [3.63, 3.8) is 0 Å². The summed E-state index contributed by atoms with van der Waals surface area (Å²) in [5.74, 6) is 0.815. The van der Waals surface area contributed by atoms with E-state index in [9.17, 15) is 0 Å². The molecule has 1 aromatic carbocycles. The lowest BCUT2D eigenvalue weighted by atomic mass is 10.0. The van der Waals surface area contributed by atoms with E-state index < -0.39 is 8.32 Å². The molecule has 2 heteroatoms. The van der Waals surface area contributed by atoms with E-state index in [1.54, 1.807) is 0 Å². The molecule has 0 aliphatic rings. The van der Waals surface area contributed by atoms with Gasteiger partial charge in [-0.15, -0.1) is 0 Å². The lowest BCUT2D eigenvalue weighted by Crippen LogP contribution is -2.24. The third kappa shape index (κ3) is 3.55. The van der Waals surface area contributed by atoms with Crippen molar-refractivity contribution in [2.45, 2.75) is 33.5 Å². The topological polar surface area (TPSA) is 9.23 Å². The largest absolute Gasteiger partial charge is 0.544 e. The average molecular weight is 220 g/mol. The molecular weight excluding hydrogens is 200 g/mol. The zero-order valence-electron chi connectivity index (χ0n) is 10.3. The number of benzene rings is 1. The van der Waals surface area contributed by atoms with Gasteiger partial charge in [0.1, 0.15) is 5.76 Å². The Bertz CT molecular complexity index is 375. The van der Waals surface area contributed by atoms with Crippen molar-refractivity contribution in [3.8, 4) is 0 Å². The lowest BCUT2D eigenvalue weighted by molar-refractivity contribution is 0.516. The standard InChI is InChI=1S/C13H20OSi/c1-10-7-8-11(2)13(9-10)12(3)14-15(4,5)6/h7-9H,3H2,1-2,4-6H3. The molecule has 0 aliphatic heterocycles. The predicted octanol–water partition coefficient (Wildman–Crippen LogP) is 4.13. The van der Waals surface area contributed by atoms with Gasteiger partial charge in [-0.1, -0.05) is 24.3 Å². The Kier molecular flexibility index (Phi) is 3.40. The van der Waals surface area contributed by atoms with Crippen LogP contribution in [0.25, 0.3) is 5.76 Å². The van der Waals surface area contributed by atoms with Gasteiger partial charge in [-0.2, -0.15) is 0 Å². The van der Waals surface area contributed by atoms with E-state index in [0.717, 1.165) is 11.3 Å². The number of aryl methyl sites for hydroxylation is 2. The van der Waals surface area contributed by atoms with E-state index >= 15 is 0 Å². The van der Waals surface area contributed by atoms with Crippen molar-refractivity contribution >= 4 is 14.1 Å². The molecule has 0 spiro atoms. The lowest BCUT2D eigenvalue weighted by Gasteiger charge is -2.22. The summed E-state index contributed by atoms with van der Waals surface area (Å²) in [7, 11) is -1.54. The Morgan fingerprint density at radius 2 is 1.80 bits per heavy atom. The van der Waals surface area contributed by atoms with Gasteiger partial charge >= 0.3 is 0 Å². The molecule has 1 aromatic rings. The molecule has 0 amide bonds. The van der Waals surface area contributed by atoms with Crippen LogP contribution in [0.4, 0.5) is 0 Å². The number of rotatable bonds is 3. The molecule has 0 saturated heterocycles. The van der Waals surface area contributed by atoms with Crippen LogP contribution in [0.2, 0.25) is 19.6 Å². The van der Waals surface area contributed by atoms with Crippen molar-refractivity contribution in [3.05, 3.63) is 41.5 Å². The van der Waals surface area contributed by atoms with E-state index in [2.05, 4.69) is 58.3 Å². The SMILES string of the molecule is C=C(O[Si](C)(C)C)c1cc(C)ccc1C. The van der Waals surface area contributed by atoms with Gasteiger partial charge in [0.15, 0.2) is 0 Å². The van der Waals surface area contributed by atoms with E-state index in [1.165, 1.54) is 11.1 Å². The van der Waals surface area contributed by atoms with Gasteiger partial charge < -0.3 is 4.43 Å². The third-order valence-corrected chi connectivity index (χ3v) is 2.98. The highest BCUT2D eigenvalue weighted by Gasteiger charge is 2.18. The Morgan fingerprint density at radius 1 is 1.20 bits per heavy atom. The van der Waals surface area contributed by atoms with E-state index in [1.807, 2.05) is 0 Å². The summed E-state index contributed by atoms with van der Waals surface area (Å²) in [4.78, 5) is 0. The molecule has 0 radical (unpaired) electrons. The molecule has 0 fully saturated rings. The van der Waals surface area contributed by atoms with Crippen molar-refractivity contribution in [2.75, 3.05) is 0 Å². The van der Waals surface area contributed by atoms with Crippen LogP contribution in [0.15, 0.2) is 24.8 Å². The average Bonchev–Trinajstić information content (AvgIpc) is 2.06. The smallest absolute Gasteiger partial charge is 0.242 e. The number of hydrogen-bond acceptors (Lipinski definition) is 1. The van der Waals surface area contributed by atoms with E-state index in [4.69, 9.17) is 4.43 Å². The zero-order chi connectivity index (χ0) is 11.6. The second-order valence-corrected chi connectivity index (χ2v) is 9.38. The van der Waals surface area contributed by atoms with Crippen LogP contribution < -0.4 is 0 Å². The minimum Gasteiger partial charge on any atom is -0.544 e. The Balaban J connectivity index is 2.96. The van der Waals surface area contributed by atoms with Gasteiger partial charge in [0.05, 0.1) is 0 Å². The first-order valence-electron chi connectivity index (χ1n) is 5.25. The summed E-state index contributed by atoms with van der Waals surface area (Å²) in [5.41, 5.74) is 3.61. The third-order valence-electron chi connectivity index (χ3n) is 2.12. The van der Waals surface area contributed by atoms with Crippen LogP contribution in [0, 0.1) is 13.8 Å². The van der Waals surface area contributed by atoms with Crippen molar-refractivity contribution in [1.82, 2.24) is 0 Å². The summed E-state index contributed by atoms with van der Waals surface area (Å²) >= 11 is 0. The molecule has 0 atom stereocenters. The maximum Gasteiger partial charge on any atom is 0.242 e. The summed E-state index contributed by atoms with van der Waals surface area (Å²) in [5, 5.41) is 0. The van der Waals surface area contributed by atoms with Gasteiger partial charge in [-0.05, 0) is 45.1 Å². The van der Waals surface area contributed by atoms with Crippen LogP contribution in [-0.2, 0) is 4.43 Å². The van der Waals surface area contributed by atoms with Crippen molar-refractivity contribution in [1.29, 1.82) is 0 Å². The second kappa shape index (κ2) is 4.23. The summed E-state index contributed by atoms with van der Waals surface area (Å²) in [6.45, 7) is 14.7. The molecule has 82 valence electrons. The molecule has 1 nitrogen and oxygen atoms in total. The highest BCUT2D eigenvalue weighted by Crippen LogP contribution is 2.23. The highest BCUT2D eigenvalue weighted by molar-refractivity contribution is 6.70. The Morgan fingerprint density at radius 3 is 2.33 bits per heavy atom. The minimum atomic E-state index is -1.54. The minimum absolute atomic E-state index is 0.815. The monoisotopic (exact) mass is 220 g/mol. The molecule has 0 aliphatic carbocycles. The van der Waals surface area contributed by atoms with Crippen LogP contribution >= 0.6 is 0 Å². The molecule has 0 bridgehead atoms. The fourth-order valence-electron chi connectivity index (χ4n) is 1.46. The predicted molar refractivity (Wildman–Crippen MR) is 69.4 cm³/mol. The molecule has 0 unspecified atom stereocenters. The van der Waals surface area contributed by atoms with Gasteiger partial charge in [0.2, 0.25) is 8.32 Å². The summed E-state index contributed by atoms with van der Waals surface area (Å²) < 4.78 is 5.90. The molecule has 15 heavy (non-hydrogen) atoms. The summed E-state index contributed by atoms with van der Waals surface area (Å²) in [6, 6.07) is 6.36. The molecule has 0 saturated carbocycles. The van der Waals surface area contributed by atoms with Crippen LogP contribution in [0.1, 0.15) is 16.7 Å². The first-order valence-corrected chi connectivity index (χ1v) is 8.66. The van der Waals surface area contributed by atoms with Crippen LogP contribution in [-0.4, -0.2) is 8.32 Å². The van der Waals surface area contributed by atoms with Crippen LogP contribution in [0.3, 0.4) is 0 Å². The van der Waals surface area contributed by atoms with Gasteiger partial charge in [0.25, 0.3) is 0 Å². The van der Waals surface area contributed by atoms with Crippen molar-refractivity contribution in [2.24, 2.45) is 0 Å². The van der Waals surface area contributed by atoms with Gasteiger partial charge in [0, 0.05) is 5.56 Å². The van der Waals surface area contributed by atoms with Crippen molar-refractivity contribution < 1.29 is 4.43 Å². The Hall–Kier alpha value is -1.02. The van der Waals surface area contributed by atoms with E-state index in [-0.39, 0.29) is 0 Å². The fraction of sp³-hybridized carbons (Fsp3) is 0.385. The molecule has 0 N–H and O–H groups in total. The maximum atomic E-state index is 5.90. The Labute approximate surface area is 93.9 Å². The first kappa shape index (κ1) is 12.0. The maximum absolute atomic E-state index is 5.90. The van der Waals surface area contributed by atoms with Gasteiger partial charge in [-0.3, -0.25) is 0 Å². The molecule has 1 rings (SSSR count). The quantitative estimate of drug-likeness (QED) is 0.550. The molecule has 0 aromatic heterocycles. The molecule has 0 heterocycles. The zero-order valence-corrected chi connectivity index (χ0v) is 11.3. The normalized spacial score (nSPS) is 11.3. The number of hydrogen-bond donors (Lipinski definition) is 0. The fourth-order valence-corrected chi connectivity index (χ4v) is 2.31.